The molecule has 0 unspecified atom stereocenters. The van der Waals surface area contributed by atoms with Gasteiger partial charge < -0.3 is 10.6 Å². The van der Waals surface area contributed by atoms with E-state index in [-0.39, 0.29) is 5.56 Å². The van der Waals surface area contributed by atoms with Crippen LogP contribution in [0, 0.1) is 0 Å². The monoisotopic (exact) mass is 232 g/mol. The Balaban J connectivity index is 2.78. The maximum absolute atomic E-state index is 12.0. The van der Waals surface area contributed by atoms with Gasteiger partial charge in [0.1, 0.15) is 6.54 Å². The van der Waals surface area contributed by atoms with Crippen LogP contribution in [0.3, 0.4) is 0 Å². The van der Waals surface area contributed by atoms with E-state index in [0.29, 0.717) is 10.6 Å². The lowest BCUT2D eigenvalue weighted by Crippen LogP contribution is -2.35. The predicted molar refractivity (Wildman–Crippen MR) is 53.9 cm³/mol. The third-order valence-corrected chi connectivity index (χ3v) is 1.90. The van der Waals surface area contributed by atoms with Crippen LogP contribution in [0.25, 0.3) is 0 Å². The van der Waals surface area contributed by atoms with Gasteiger partial charge in [-0.05, 0) is 18.2 Å². The number of carbonyl (C=O) groups is 1. The molecule has 0 atom stereocenters. The van der Waals surface area contributed by atoms with Gasteiger partial charge in [0, 0.05) is 18.3 Å². The minimum atomic E-state index is -4.40. The van der Waals surface area contributed by atoms with Gasteiger partial charge in [0.05, 0.1) is 0 Å². The highest BCUT2D eigenvalue weighted by atomic mass is 19.4. The van der Waals surface area contributed by atoms with Crippen molar-refractivity contribution < 1.29 is 18.0 Å². The highest BCUT2D eigenvalue weighted by molar-refractivity contribution is 5.94. The fraction of sp³-hybridized carbons (Fsp3) is 0.300. The number of benzene rings is 1. The summed E-state index contributed by atoms with van der Waals surface area (Å²) in [5.41, 5.74) is 5.92. The van der Waals surface area contributed by atoms with E-state index in [1.54, 1.807) is 6.07 Å². The van der Waals surface area contributed by atoms with E-state index in [1.807, 2.05) is 0 Å². The molecule has 0 aliphatic carbocycles. The average molecular weight is 232 g/mol. The number of hydrogen-bond donors (Lipinski definition) is 1. The molecule has 0 saturated carbocycles. The fourth-order valence-electron chi connectivity index (χ4n) is 1.23. The number of amides is 1. The van der Waals surface area contributed by atoms with Crippen LogP contribution in [0.2, 0.25) is 0 Å². The smallest absolute Gasteiger partial charge is 0.399 e. The van der Waals surface area contributed by atoms with Gasteiger partial charge in [-0.25, -0.2) is 0 Å². The summed E-state index contributed by atoms with van der Waals surface area (Å²) in [5.74, 6) is -0.704. The van der Waals surface area contributed by atoms with Crippen molar-refractivity contribution in [1.82, 2.24) is 4.90 Å². The Morgan fingerprint density at radius 3 is 2.56 bits per heavy atom. The molecular formula is C10H11F3N2O. The molecule has 0 aliphatic rings. The van der Waals surface area contributed by atoms with Crippen LogP contribution in [0.5, 0.6) is 0 Å². The van der Waals surface area contributed by atoms with Gasteiger partial charge in [-0.15, -0.1) is 0 Å². The number of halogens is 3. The molecule has 1 aromatic carbocycles. The van der Waals surface area contributed by atoms with Crippen molar-refractivity contribution in [2.24, 2.45) is 0 Å². The Morgan fingerprint density at radius 2 is 2.06 bits per heavy atom. The summed E-state index contributed by atoms with van der Waals surface area (Å²) in [6.45, 7) is -1.28. The summed E-state index contributed by atoms with van der Waals surface area (Å²) in [5, 5.41) is 0. The van der Waals surface area contributed by atoms with Crippen LogP contribution in [0.4, 0.5) is 18.9 Å². The molecule has 0 saturated heterocycles. The minimum absolute atomic E-state index is 0.145. The van der Waals surface area contributed by atoms with E-state index in [1.165, 1.54) is 18.2 Å². The Labute approximate surface area is 90.6 Å². The van der Waals surface area contributed by atoms with Crippen molar-refractivity contribution in [3.8, 4) is 0 Å². The number of hydrogen-bond acceptors (Lipinski definition) is 2. The highest BCUT2D eigenvalue weighted by Gasteiger charge is 2.31. The van der Waals surface area contributed by atoms with E-state index in [0.717, 1.165) is 7.05 Å². The number of carbonyl (C=O) groups excluding carboxylic acids is 1. The Hall–Kier alpha value is -1.72. The molecule has 1 rings (SSSR count). The molecule has 1 aromatic rings. The number of anilines is 1. The summed E-state index contributed by atoms with van der Waals surface area (Å²) in [4.78, 5) is 12.2. The lowest BCUT2D eigenvalue weighted by atomic mass is 10.2. The van der Waals surface area contributed by atoms with E-state index in [9.17, 15) is 18.0 Å². The summed E-state index contributed by atoms with van der Waals surface area (Å²) in [6, 6.07) is 5.84. The predicted octanol–water partition coefficient (Wildman–Crippen LogP) is 1.90. The number of nitrogen functional groups attached to an aromatic ring is 1. The first-order valence-corrected chi connectivity index (χ1v) is 4.47. The third-order valence-electron chi connectivity index (χ3n) is 1.90. The molecule has 0 spiro atoms. The Kier molecular flexibility index (Phi) is 3.41. The second-order valence-corrected chi connectivity index (χ2v) is 3.40. The molecule has 1 amide bonds. The van der Waals surface area contributed by atoms with Crippen molar-refractivity contribution >= 4 is 11.6 Å². The molecule has 0 radical (unpaired) electrons. The lowest BCUT2D eigenvalue weighted by molar-refractivity contribution is -0.138. The largest absolute Gasteiger partial charge is 0.406 e. The maximum Gasteiger partial charge on any atom is 0.406 e. The van der Waals surface area contributed by atoms with Gasteiger partial charge in [-0.1, -0.05) is 6.07 Å². The van der Waals surface area contributed by atoms with E-state index >= 15 is 0 Å². The first kappa shape index (κ1) is 12.4. The zero-order valence-electron chi connectivity index (χ0n) is 8.58. The SMILES string of the molecule is CN(CC(F)(F)F)C(=O)c1cccc(N)c1. The van der Waals surface area contributed by atoms with Crippen molar-refractivity contribution in [3.05, 3.63) is 29.8 Å². The third kappa shape index (κ3) is 3.45. The highest BCUT2D eigenvalue weighted by Crippen LogP contribution is 2.17. The molecule has 88 valence electrons. The van der Waals surface area contributed by atoms with Gasteiger partial charge in [0.25, 0.3) is 5.91 Å². The normalized spacial score (nSPS) is 11.2. The molecule has 0 aromatic heterocycles. The molecule has 0 fully saturated rings. The number of rotatable bonds is 2. The zero-order valence-corrected chi connectivity index (χ0v) is 8.58. The van der Waals surface area contributed by atoms with Gasteiger partial charge in [-0.3, -0.25) is 4.79 Å². The number of nitrogens with zero attached hydrogens (tertiary/aromatic N) is 1. The second-order valence-electron chi connectivity index (χ2n) is 3.40. The van der Waals surface area contributed by atoms with Gasteiger partial charge in [0.15, 0.2) is 0 Å². The van der Waals surface area contributed by atoms with Crippen LogP contribution in [-0.4, -0.2) is 30.6 Å². The molecule has 16 heavy (non-hydrogen) atoms. The van der Waals surface area contributed by atoms with Crippen molar-refractivity contribution in [2.75, 3.05) is 19.3 Å². The number of alkyl halides is 3. The molecule has 3 nitrogen and oxygen atoms in total. The van der Waals surface area contributed by atoms with Crippen LogP contribution < -0.4 is 5.73 Å². The van der Waals surface area contributed by atoms with Gasteiger partial charge in [-0.2, -0.15) is 13.2 Å². The molecule has 6 heteroatoms. The fourth-order valence-corrected chi connectivity index (χ4v) is 1.23. The summed E-state index contributed by atoms with van der Waals surface area (Å²) < 4.78 is 36.1. The quantitative estimate of drug-likeness (QED) is 0.791. The van der Waals surface area contributed by atoms with Crippen molar-refractivity contribution in [3.63, 3.8) is 0 Å². The van der Waals surface area contributed by atoms with Crippen LogP contribution in [0.15, 0.2) is 24.3 Å². The maximum atomic E-state index is 12.0. The topological polar surface area (TPSA) is 46.3 Å². The summed E-state index contributed by atoms with van der Waals surface area (Å²) in [6.07, 6.45) is -4.40. The lowest BCUT2D eigenvalue weighted by Gasteiger charge is -2.18. The Bertz CT molecular complexity index is 390. The number of nitrogens with two attached hydrogens (primary N) is 1. The molecular weight excluding hydrogens is 221 g/mol. The van der Waals surface area contributed by atoms with E-state index < -0.39 is 18.6 Å². The van der Waals surface area contributed by atoms with Crippen molar-refractivity contribution in [1.29, 1.82) is 0 Å². The second kappa shape index (κ2) is 4.42. The zero-order chi connectivity index (χ0) is 12.3. The van der Waals surface area contributed by atoms with Gasteiger partial charge >= 0.3 is 6.18 Å². The van der Waals surface area contributed by atoms with Crippen LogP contribution >= 0.6 is 0 Å². The molecule has 2 N–H and O–H groups in total. The van der Waals surface area contributed by atoms with Crippen LogP contribution in [-0.2, 0) is 0 Å². The first-order chi connectivity index (χ1) is 7.29. The van der Waals surface area contributed by atoms with Gasteiger partial charge in [0.2, 0.25) is 0 Å². The van der Waals surface area contributed by atoms with E-state index in [2.05, 4.69) is 0 Å². The molecule has 0 heterocycles. The summed E-state index contributed by atoms with van der Waals surface area (Å²) in [7, 11) is 1.10. The minimum Gasteiger partial charge on any atom is -0.399 e. The van der Waals surface area contributed by atoms with Crippen LogP contribution in [0.1, 0.15) is 10.4 Å². The standard InChI is InChI=1S/C10H11F3N2O/c1-15(6-10(11,12)13)9(16)7-3-2-4-8(14)5-7/h2-5H,6,14H2,1H3. The molecule has 0 bridgehead atoms. The summed E-state index contributed by atoms with van der Waals surface area (Å²) >= 11 is 0. The Morgan fingerprint density at radius 1 is 1.44 bits per heavy atom. The average Bonchev–Trinajstić information content (AvgIpc) is 2.14. The van der Waals surface area contributed by atoms with E-state index in [4.69, 9.17) is 5.73 Å². The molecule has 0 aliphatic heterocycles. The van der Waals surface area contributed by atoms with Crippen molar-refractivity contribution in [2.45, 2.75) is 6.18 Å². The first-order valence-electron chi connectivity index (χ1n) is 4.47.